The van der Waals surface area contributed by atoms with E-state index < -0.39 is 0 Å². The van der Waals surface area contributed by atoms with Crippen LogP contribution in [0.25, 0.3) is 0 Å². The van der Waals surface area contributed by atoms with Crippen LogP contribution < -0.4 is 0 Å². The van der Waals surface area contributed by atoms with Crippen LogP contribution in [0.5, 0.6) is 0 Å². The summed E-state index contributed by atoms with van der Waals surface area (Å²) in [6, 6.07) is 9.22. The average Bonchev–Trinajstić information content (AvgIpc) is 2.83. The number of ketones is 1. The van der Waals surface area contributed by atoms with E-state index in [-0.39, 0.29) is 11.4 Å². The fourth-order valence-corrected chi connectivity index (χ4v) is 5.14. The van der Waals surface area contributed by atoms with Crippen molar-refractivity contribution in [1.82, 2.24) is 0 Å². The first-order valence-electron chi connectivity index (χ1n) is 13.9. The van der Waals surface area contributed by atoms with Gasteiger partial charge in [0.25, 0.3) is 0 Å². The summed E-state index contributed by atoms with van der Waals surface area (Å²) in [5.74, 6) is 0.163. The summed E-state index contributed by atoms with van der Waals surface area (Å²) < 4.78 is 5.33. The highest BCUT2D eigenvalue weighted by molar-refractivity contribution is 5.96. The SMILES string of the molecule is CC1=C(CCCCCCCCCCCCCCCOC(=O)c2ccccc2)C(C)(C)CCC1=O. The first kappa shape index (κ1) is 28.3. The van der Waals surface area contributed by atoms with E-state index in [1.807, 2.05) is 25.1 Å². The molecular weight excluding hydrogens is 420 g/mol. The normalized spacial score (nSPS) is 15.6. The number of rotatable bonds is 17. The van der Waals surface area contributed by atoms with Gasteiger partial charge >= 0.3 is 5.97 Å². The van der Waals surface area contributed by atoms with Crippen molar-refractivity contribution in [2.75, 3.05) is 6.61 Å². The molecule has 1 aliphatic carbocycles. The van der Waals surface area contributed by atoms with Gasteiger partial charge in [-0.25, -0.2) is 4.79 Å². The summed E-state index contributed by atoms with van der Waals surface area (Å²) in [4.78, 5) is 23.9. The van der Waals surface area contributed by atoms with E-state index in [0.29, 0.717) is 18.0 Å². The number of ether oxygens (including phenoxy) is 1. The largest absolute Gasteiger partial charge is 0.462 e. The Morgan fingerprint density at radius 3 is 1.85 bits per heavy atom. The van der Waals surface area contributed by atoms with E-state index in [4.69, 9.17) is 4.74 Å². The maximum atomic E-state index is 12.0. The maximum Gasteiger partial charge on any atom is 0.338 e. The first-order chi connectivity index (χ1) is 16.4. The predicted molar refractivity (Wildman–Crippen MR) is 142 cm³/mol. The van der Waals surface area contributed by atoms with Crippen LogP contribution in [0.4, 0.5) is 0 Å². The summed E-state index contributed by atoms with van der Waals surface area (Å²) in [6.45, 7) is 7.19. The number of unbranched alkanes of at least 4 members (excludes halogenated alkanes) is 12. The summed E-state index contributed by atoms with van der Waals surface area (Å²) in [6.07, 6.45) is 19.4. The van der Waals surface area contributed by atoms with Crippen molar-refractivity contribution < 1.29 is 14.3 Å². The van der Waals surface area contributed by atoms with E-state index in [2.05, 4.69) is 13.8 Å². The molecule has 0 unspecified atom stereocenters. The monoisotopic (exact) mass is 468 g/mol. The highest BCUT2D eigenvalue weighted by atomic mass is 16.5. The number of hydrogen-bond donors (Lipinski definition) is 0. The van der Waals surface area contributed by atoms with Crippen molar-refractivity contribution in [2.24, 2.45) is 5.41 Å². The number of benzene rings is 1. The van der Waals surface area contributed by atoms with Crippen LogP contribution in [0.1, 0.15) is 134 Å². The van der Waals surface area contributed by atoms with E-state index in [1.54, 1.807) is 12.1 Å². The van der Waals surface area contributed by atoms with Gasteiger partial charge in [0, 0.05) is 6.42 Å². The average molecular weight is 469 g/mol. The van der Waals surface area contributed by atoms with Gasteiger partial charge in [0.2, 0.25) is 0 Å². The maximum absolute atomic E-state index is 12.0. The standard InChI is InChI=1S/C31H48O3/c1-26-28(31(2,3)24-23-29(26)32)22-18-13-11-9-7-5-4-6-8-10-12-14-19-25-34-30(33)27-20-16-15-17-21-27/h15-17,20-21H,4-14,18-19,22-25H2,1-3H3. The molecule has 1 aromatic carbocycles. The van der Waals surface area contributed by atoms with Crippen LogP contribution in [0, 0.1) is 5.41 Å². The number of Topliss-reactive ketones (excluding diaryl/α,β-unsaturated/α-hetero) is 1. The topological polar surface area (TPSA) is 43.4 Å². The Hall–Kier alpha value is -1.90. The third-order valence-electron chi connectivity index (χ3n) is 7.48. The van der Waals surface area contributed by atoms with E-state index in [1.165, 1.54) is 76.2 Å². The van der Waals surface area contributed by atoms with Gasteiger partial charge in [-0.15, -0.1) is 0 Å². The minimum atomic E-state index is -0.210. The number of esters is 1. The minimum absolute atomic E-state index is 0.210. The second-order valence-electron chi connectivity index (χ2n) is 10.8. The summed E-state index contributed by atoms with van der Waals surface area (Å²) in [7, 11) is 0. The number of carbonyl (C=O) groups excluding carboxylic acids is 2. The molecule has 0 aliphatic heterocycles. The first-order valence-corrected chi connectivity index (χ1v) is 13.9. The molecule has 0 saturated carbocycles. The molecule has 1 aromatic rings. The van der Waals surface area contributed by atoms with Crippen molar-refractivity contribution >= 4 is 11.8 Å². The number of carbonyl (C=O) groups is 2. The van der Waals surface area contributed by atoms with Crippen molar-refractivity contribution in [3.8, 4) is 0 Å². The second-order valence-corrected chi connectivity index (χ2v) is 10.8. The summed E-state index contributed by atoms with van der Waals surface area (Å²) in [5.41, 5.74) is 3.34. The van der Waals surface area contributed by atoms with Crippen LogP contribution in [-0.2, 0) is 9.53 Å². The van der Waals surface area contributed by atoms with Crippen LogP contribution in [0.15, 0.2) is 41.5 Å². The summed E-state index contributed by atoms with van der Waals surface area (Å²) in [5, 5.41) is 0. The molecule has 3 nitrogen and oxygen atoms in total. The highest BCUT2D eigenvalue weighted by Gasteiger charge is 2.31. The molecule has 0 aromatic heterocycles. The molecule has 0 fully saturated rings. The van der Waals surface area contributed by atoms with Gasteiger partial charge in [0.15, 0.2) is 5.78 Å². The molecule has 34 heavy (non-hydrogen) atoms. The van der Waals surface area contributed by atoms with Gasteiger partial charge in [-0.3, -0.25) is 4.79 Å². The Morgan fingerprint density at radius 2 is 1.29 bits per heavy atom. The Balaban J connectivity index is 1.35. The van der Waals surface area contributed by atoms with Crippen LogP contribution in [0.3, 0.4) is 0 Å². The fraction of sp³-hybridized carbons (Fsp3) is 0.677. The van der Waals surface area contributed by atoms with Crippen molar-refractivity contribution in [3.05, 3.63) is 47.0 Å². The Kier molecular flexibility index (Phi) is 13.3. The lowest BCUT2D eigenvalue weighted by atomic mass is 9.70. The Bertz CT molecular complexity index is 760. The molecule has 190 valence electrons. The lowest BCUT2D eigenvalue weighted by molar-refractivity contribution is -0.116. The zero-order valence-corrected chi connectivity index (χ0v) is 22.1. The van der Waals surface area contributed by atoms with Crippen LogP contribution in [-0.4, -0.2) is 18.4 Å². The number of allylic oxidation sites excluding steroid dienone is 2. The van der Waals surface area contributed by atoms with Crippen molar-refractivity contribution in [3.63, 3.8) is 0 Å². The third kappa shape index (κ3) is 10.6. The minimum Gasteiger partial charge on any atom is -0.462 e. The molecule has 0 bridgehead atoms. The Morgan fingerprint density at radius 1 is 0.794 bits per heavy atom. The molecule has 0 radical (unpaired) electrons. The second kappa shape index (κ2) is 15.9. The zero-order chi connectivity index (χ0) is 24.7. The predicted octanol–water partition coefficient (Wildman–Crippen LogP) is 9.01. The van der Waals surface area contributed by atoms with Gasteiger partial charge in [-0.05, 0) is 55.7 Å². The molecule has 0 atom stereocenters. The highest BCUT2D eigenvalue weighted by Crippen LogP contribution is 2.41. The van der Waals surface area contributed by atoms with Crippen molar-refractivity contribution in [1.29, 1.82) is 0 Å². The molecule has 0 amide bonds. The third-order valence-corrected chi connectivity index (χ3v) is 7.48. The quantitative estimate of drug-likeness (QED) is 0.169. The molecule has 3 heteroatoms. The van der Waals surface area contributed by atoms with Gasteiger partial charge < -0.3 is 4.74 Å². The lowest BCUT2D eigenvalue weighted by Gasteiger charge is -2.34. The zero-order valence-electron chi connectivity index (χ0n) is 22.1. The molecule has 0 heterocycles. The van der Waals surface area contributed by atoms with Gasteiger partial charge in [0.1, 0.15) is 0 Å². The van der Waals surface area contributed by atoms with Crippen LogP contribution in [0.2, 0.25) is 0 Å². The molecule has 0 N–H and O–H groups in total. The van der Waals surface area contributed by atoms with Crippen LogP contribution >= 0.6 is 0 Å². The number of hydrogen-bond acceptors (Lipinski definition) is 3. The van der Waals surface area contributed by atoms with E-state index in [9.17, 15) is 9.59 Å². The lowest BCUT2D eigenvalue weighted by Crippen LogP contribution is -2.25. The molecule has 0 saturated heterocycles. The van der Waals surface area contributed by atoms with E-state index >= 15 is 0 Å². The van der Waals surface area contributed by atoms with Gasteiger partial charge in [-0.2, -0.15) is 0 Å². The van der Waals surface area contributed by atoms with E-state index in [0.717, 1.165) is 37.7 Å². The molecule has 2 rings (SSSR count). The molecule has 0 spiro atoms. The molecular formula is C31H48O3. The summed E-state index contributed by atoms with van der Waals surface area (Å²) >= 11 is 0. The van der Waals surface area contributed by atoms with Crippen molar-refractivity contribution in [2.45, 2.75) is 124 Å². The Labute approximate surface area is 208 Å². The smallest absolute Gasteiger partial charge is 0.338 e. The van der Waals surface area contributed by atoms with Gasteiger partial charge in [-0.1, -0.05) is 108 Å². The van der Waals surface area contributed by atoms with Gasteiger partial charge in [0.05, 0.1) is 12.2 Å². The molecule has 1 aliphatic rings. The fourth-order valence-electron chi connectivity index (χ4n) is 5.14.